The van der Waals surface area contributed by atoms with Crippen LogP contribution in [0.1, 0.15) is 47.9 Å². The molecule has 1 atom stereocenters. The molecular formula is C20H28N4O4. The van der Waals surface area contributed by atoms with Crippen LogP contribution in [0.15, 0.2) is 23.0 Å². The van der Waals surface area contributed by atoms with Gasteiger partial charge in [-0.15, -0.1) is 0 Å². The molecule has 0 radical (unpaired) electrons. The minimum atomic E-state index is -0.132. The van der Waals surface area contributed by atoms with E-state index in [4.69, 9.17) is 9.47 Å². The summed E-state index contributed by atoms with van der Waals surface area (Å²) in [4.78, 5) is 25.1. The molecule has 1 unspecified atom stereocenters. The van der Waals surface area contributed by atoms with Crippen LogP contribution in [-0.4, -0.2) is 40.5 Å². The highest BCUT2D eigenvalue weighted by Gasteiger charge is 2.22. The number of aryl methyl sites for hydroxylation is 2. The maximum absolute atomic E-state index is 12.7. The van der Waals surface area contributed by atoms with Gasteiger partial charge in [0.1, 0.15) is 11.6 Å². The molecule has 0 fully saturated rings. The molecule has 1 amide bonds. The van der Waals surface area contributed by atoms with E-state index in [2.05, 4.69) is 10.4 Å². The van der Waals surface area contributed by atoms with Crippen molar-refractivity contribution in [3.8, 4) is 5.75 Å². The SMILES string of the molecule is CCCn1nc2n(c1=O)CCC(NC(=O)c1ccc(OC)c(COC)c1)CC2. The highest BCUT2D eigenvalue weighted by atomic mass is 16.5. The predicted molar refractivity (Wildman–Crippen MR) is 105 cm³/mol. The number of hydrogen-bond acceptors (Lipinski definition) is 5. The maximum atomic E-state index is 12.7. The van der Waals surface area contributed by atoms with Gasteiger partial charge < -0.3 is 14.8 Å². The van der Waals surface area contributed by atoms with Crippen molar-refractivity contribution in [3.63, 3.8) is 0 Å². The number of benzene rings is 1. The molecule has 0 spiro atoms. The lowest BCUT2D eigenvalue weighted by molar-refractivity contribution is 0.0932. The molecule has 8 heteroatoms. The third-order valence-electron chi connectivity index (χ3n) is 5.03. The van der Waals surface area contributed by atoms with Crippen molar-refractivity contribution in [3.05, 3.63) is 45.6 Å². The smallest absolute Gasteiger partial charge is 0.345 e. The molecule has 1 aliphatic rings. The third kappa shape index (κ3) is 4.27. The van der Waals surface area contributed by atoms with Gasteiger partial charge in [0.05, 0.1) is 13.7 Å². The fourth-order valence-corrected chi connectivity index (χ4v) is 3.59. The molecule has 0 bridgehead atoms. The Balaban J connectivity index is 1.67. The Morgan fingerprint density at radius 1 is 1.32 bits per heavy atom. The molecule has 1 aliphatic heterocycles. The first kappa shape index (κ1) is 20.1. The number of amides is 1. The van der Waals surface area contributed by atoms with Gasteiger partial charge in [-0.1, -0.05) is 6.92 Å². The number of fused-ring (bicyclic) bond motifs is 1. The monoisotopic (exact) mass is 388 g/mol. The second-order valence-corrected chi connectivity index (χ2v) is 7.03. The molecule has 1 aromatic carbocycles. The second kappa shape index (κ2) is 9.05. The largest absolute Gasteiger partial charge is 0.496 e. The van der Waals surface area contributed by atoms with Gasteiger partial charge in [0, 0.05) is 43.8 Å². The highest BCUT2D eigenvalue weighted by molar-refractivity contribution is 5.94. The summed E-state index contributed by atoms with van der Waals surface area (Å²) in [6.07, 6.45) is 3.02. The van der Waals surface area contributed by atoms with Crippen LogP contribution < -0.4 is 15.7 Å². The minimum absolute atomic E-state index is 0.00111. The van der Waals surface area contributed by atoms with Crippen molar-refractivity contribution in [1.29, 1.82) is 0 Å². The Kier molecular flexibility index (Phi) is 6.51. The first-order valence-corrected chi connectivity index (χ1v) is 9.70. The van der Waals surface area contributed by atoms with Crippen molar-refractivity contribution in [2.45, 2.75) is 58.3 Å². The van der Waals surface area contributed by atoms with Gasteiger partial charge in [-0.05, 0) is 37.5 Å². The van der Waals surface area contributed by atoms with Crippen LogP contribution >= 0.6 is 0 Å². The number of methoxy groups -OCH3 is 2. The molecule has 8 nitrogen and oxygen atoms in total. The summed E-state index contributed by atoms with van der Waals surface area (Å²) in [6, 6.07) is 5.32. The first-order valence-electron chi connectivity index (χ1n) is 9.70. The fraction of sp³-hybridized carbons (Fsp3) is 0.550. The van der Waals surface area contributed by atoms with E-state index in [0.717, 1.165) is 24.2 Å². The van der Waals surface area contributed by atoms with Crippen LogP contribution in [0.25, 0.3) is 0 Å². The summed E-state index contributed by atoms with van der Waals surface area (Å²) in [5.41, 5.74) is 1.35. The van der Waals surface area contributed by atoms with Gasteiger partial charge in [-0.2, -0.15) is 5.10 Å². The summed E-state index contributed by atoms with van der Waals surface area (Å²) in [5, 5.41) is 7.54. The van der Waals surface area contributed by atoms with Gasteiger partial charge >= 0.3 is 5.69 Å². The Hall–Kier alpha value is -2.61. The number of aromatic nitrogens is 3. The molecule has 2 aromatic rings. The molecule has 3 rings (SSSR count). The van der Waals surface area contributed by atoms with Gasteiger partial charge in [0.2, 0.25) is 0 Å². The third-order valence-corrected chi connectivity index (χ3v) is 5.03. The minimum Gasteiger partial charge on any atom is -0.496 e. The summed E-state index contributed by atoms with van der Waals surface area (Å²) in [7, 11) is 3.20. The molecule has 1 N–H and O–H groups in total. The standard InChI is InChI=1S/C20H28N4O4/c1-4-10-24-20(26)23-11-9-16(6-8-18(23)22-24)21-19(25)14-5-7-17(28-3)15(12-14)13-27-2/h5,7,12,16H,4,6,8-11,13H2,1-3H3,(H,21,25). The summed E-state index contributed by atoms with van der Waals surface area (Å²) in [6.45, 7) is 3.61. The summed E-state index contributed by atoms with van der Waals surface area (Å²) in [5.74, 6) is 1.37. The number of rotatable bonds is 7. The van der Waals surface area contributed by atoms with Crippen LogP contribution in [-0.2, 0) is 30.9 Å². The molecular weight excluding hydrogens is 360 g/mol. The van der Waals surface area contributed by atoms with Crippen molar-refractivity contribution in [1.82, 2.24) is 19.7 Å². The zero-order valence-electron chi connectivity index (χ0n) is 16.7. The van der Waals surface area contributed by atoms with Crippen LogP contribution in [0.5, 0.6) is 5.75 Å². The molecule has 28 heavy (non-hydrogen) atoms. The highest BCUT2D eigenvalue weighted by Crippen LogP contribution is 2.21. The van der Waals surface area contributed by atoms with E-state index < -0.39 is 0 Å². The number of carbonyl (C=O) groups excluding carboxylic acids is 1. The predicted octanol–water partition coefficient (Wildman–Crippen LogP) is 1.74. The van der Waals surface area contributed by atoms with Crippen LogP contribution in [0.4, 0.5) is 0 Å². The number of ether oxygens (including phenoxy) is 2. The van der Waals surface area contributed by atoms with E-state index in [9.17, 15) is 9.59 Å². The van der Waals surface area contributed by atoms with Crippen LogP contribution in [0.2, 0.25) is 0 Å². The maximum Gasteiger partial charge on any atom is 0.345 e. The normalized spacial score (nSPS) is 16.3. The Morgan fingerprint density at radius 3 is 2.86 bits per heavy atom. The van der Waals surface area contributed by atoms with E-state index in [1.54, 1.807) is 41.7 Å². The van der Waals surface area contributed by atoms with Crippen molar-refractivity contribution in [2.75, 3.05) is 14.2 Å². The Labute approximate surface area is 164 Å². The average Bonchev–Trinajstić information content (AvgIpc) is 2.86. The number of carbonyl (C=O) groups is 1. The van der Waals surface area contributed by atoms with E-state index in [0.29, 0.717) is 43.9 Å². The first-order chi connectivity index (χ1) is 13.6. The molecule has 0 aliphatic carbocycles. The second-order valence-electron chi connectivity index (χ2n) is 7.03. The van der Waals surface area contributed by atoms with Crippen LogP contribution in [0.3, 0.4) is 0 Å². The van der Waals surface area contributed by atoms with Crippen molar-refractivity contribution >= 4 is 5.91 Å². The number of nitrogens with one attached hydrogen (secondary N) is 1. The molecule has 0 saturated heterocycles. The van der Waals surface area contributed by atoms with Crippen molar-refractivity contribution in [2.24, 2.45) is 0 Å². The van der Waals surface area contributed by atoms with Gasteiger partial charge in [0.15, 0.2) is 0 Å². The lowest BCUT2D eigenvalue weighted by Gasteiger charge is -2.17. The topological polar surface area (TPSA) is 87.4 Å². The molecule has 2 heterocycles. The fourth-order valence-electron chi connectivity index (χ4n) is 3.59. The lowest BCUT2D eigenvalue weighted by atomic mass is 10.1. The number of nitrogens with zero attached hydrogens (tertiary/aromatic N) is 3. The van der Waals surface area contributed by atoms with E-state index in [1.165, 1.54) is 0 Å². The van der Waals surface area contributed by atoms with E-state index in [-0.39, 0.29) is 17.6 Å². The van der Waals surface area contributed by atoms with E-state index >= 15 is 0 Å². The summed E-state index contributed by atoms with van der Waals surface area (Å²) < 4.78 is 13.8. The van der Waals surface area contributed by atoms with Crippen LogP contribution in [0, 0.1) is 0 Å². The molecule has 1 aromatic heterocycles. The van der Waals surface area contributed by atoms with Gasteiger partial charge in [0.25, 0.3) is 5.91 Å². The Bertz CT molecular complexity index is 887. The van der Waals surface area contributed by atoms with E-state index in [1.807, 2.05) is 6.92 Å². The Morgan fingerprint density at radius 2 is 2.14 bits per heavy atom. The zero-order chi connectivity index (χ0) is 20.1. The lowest BCUT2D eigenvalue weighted by Crippen LogP contribution is -2.36. The molecule has 0 saturated carbocycles. The van der Waals surface area contributed by atoms with Crippen molar-refractivity contribution < 1.29 is 14.3 Å². The summed E-state index contributed by atoms with van der Waals surface area (Å²) >= 11 is 0. The average molecular weight is 388 g/mol. The quantitative estimate of drug-likeness (QED) is 0.781. The van der Waals surface area contributed by atoms with Gasteiger partial charge in [-0.25, -0.2) is 9.48 Å². The molecule has 152 valence electrons. The zero-order valence-corrected chi connectivity index (χ0v) is 16.7. The number of hydrogen-bond donors (Lipinski definition) is 1. The van der Waals surface area contributed by atoms with Gasteiger partial charge in [-0.3, -0.25) is 9.36 Å².